The highest BCUT2D eigenvalue weighted by Crippen LogP contribution is 2.48. The number of furan rings is 2. The summed E-state index contributed by atoms with van der Waals surface area (Å²) in [6.07, 6.45) is 1.73. The van der Waals surface area contributed by atoms with Crippen LogP contribution >= 0.6 is 0 Å². The maximum absolute atomic E-state index is 6.47. The van der Waals surface area contributed by atoms with Crippen LogP contribution in [0, 0.1) is 0 Å². The van der Waals surface area contributed by atoms with E-state index in [0.29, 0.717) is 0 Å². The van der Waals surface area contributed by atoms with Gasteiger partial charge in [0.1, 0.15) is 5.58 Å². The summed E-state index contributed by atoms with van der Waals surface area (Å²) in [4.78, 5) is 0. The quantitative estimate of drug-likeness (QED) is 0.210. The van der Waals surface area contributed by atoms with Gasteiger partial charge in [-0.1, -0.05) is 121 Å². The molecule has 0 N–H and O–H groups in total. The van der Waals surface area contributed by atoms with E-state index >= 15 is 0 Å². The van der Waals surface area contributed by atoms with E-state index in [9.17, 15) is 0 Å². The Kier molecular flexibility index (Phi) is 4.93. The molecular weight excluding hydrogens is 512 g/mol. The fraction of sp³-hybridized carbons (Fsp3) is 0. The topological polar surface area (TPSA) is 26.3 Å². The Labute approximate surface area is 242 Å². The molecule has 2 heteroatoms. The average molecular weight is 537 g/mol. The lowest BCUT2D eigenvalue weighted by molar-refractivity contribution is 0.600. The molecule has 9 rings (SSSR count). The zero-order valence-corrected chi connectivity index (χ0v) is 22.7. The summed E-state index contributed by atoms with van der Waals surface area (Å²) in [7, 11) is 0. The summed E-state index contributed by atoms with van der Waals surface area (Å²) in [6.45, 7) is 0. The number of hydrogen-bond donors (Lipinski definition) is 0. The Hall–Kier alpha value is -5.60. The normalized spacial score (nSPS) is 11.8. The lowest BCUT2D eigenvalue weighted by atomic mass is 9.83. The summed E-state index contributed by atoms with van der Waals surface area (Å²) in [5, 5.41) is 8.11. The van der Waals surface area contributed by atoms with Crippen LogP contribution in [-0.4, -0.2) is 0 Å². The largest absolute Gasteiger partial charge is 0.460 e. The van der Waals surface area contributed by atoms with Gasteiger partial charge in [-0.3, -0.25) is 0 Å². The highest BCUT2D eigenvalue weighted by Gasteiger charge is 2.22. The lowest BCUT2D eigenvalue weighted by Gasteiger charge is -2.20. The third-order valence-corrected chi connectivity index (χ3v) is 8.57. The molecule has 42 heavy (non-hydrogen) atoms. The van der Waals surface area contributed by atoms with Gasteiger partial charge >= 0.3 is 0 Å². The molecule has 0 saturated heterocycles. The van der Waals surface area contributed by atoms with E-state index in [2.05, 4.69) is 133 Å². The molecule has 9 aromatic rings. The third kappa shape index (κ3) is 3.27. The van der Waals surface area contributed by atoms with E-state index < -0.39 is 0 Å². The highest BCUT2D eigenvalue weighted by molar-refractivity contribution is 6.27. The van der Waals surface area contributed by atoms with Gasteiger partial charge in [0.2, 0.25) is 0 Å². The molecule has 2 nitrogen and oxygen atoms in total. The summed E-state index contributed by atoms with van der Waals surface area (Å²) in [5.74, 6) is 0. The van der Waals surface area contributed by atoms with Gasteiger partial charge in [-0.25, -0.2) is 0 Å². The van der Waals surface area contributed by atoms with Crippen LogP contribution in [0.1, 0.15) is 0 Å². The van der Waals surface area contributed by atoms with Crippen molar-refractivity contribution in [1.82, 2.24) is 0 Å². The van der Waals surface area contributed by atoms with Crippen LogP contribution in [0.2, 0.25) is 0 Å². The zero-order chi connectivity index (χ0) is 27.6. The molecule has 0 bridgehead atoms. The molecule has 0 aliphatic carbocycles. The predicted octanol–water partition coefficient (Wildman–Crippen LogP) is 11.6. The molecule has 0 saturated carbocycles. The van der Waals surface area contributed by atoms with E-state index in [4.69, 9.17) is 8.83 Å². The predicted molar refractivity (Wildman–Crippen MR) is 175 cm³/mol. The van der Waals surface area contributed by atoms with Gasteiger partial charge in [0.25, 0.3) is 0 Å². The molecule has 0 unspecified atom stereocenters. The minimum atomic E-state index is 0.789. The van der Waals surface area contributed by atoms with E-state index in [1.807, 2.05) is 6.07 Å². The van der Waals surface area contributed by atoms with Crippen LogP contribution < -0.4 is 0 Å². The number of hydrogen-bond acceptors (Lipinski definition) is 2. The van der Waals surface area contributed by atoms with Gasteiger partial charge in [0.15, 0.2) is 11.2 Å². The van der Waals surface area contributed by atoms with Crippen molar-refractivity contribution in [3.8, 4) is 33.4 Å². The Bertz CT molecular complexity index is 2400. The van der Waals surface area contributed by atoms with Crippen LogP contribution in [0.4, 0.5) is 0 Å². The molecule has 2 aromatic heterocycles. The van der Waals surface area contributed by atoms with E-state index in [1.165, 1.54) is 49.4 Å². The van der Waals surface area contributed by atoms with Crippen molar-refractivity contribution in [2.24, 2.45) is 0 Å². The first-order valence-electron chi connectivity index (χ1n) is 14.3. The summed E-state index contributed by atoms with van der Waals surface area (Å²) >= 11 is 0. The minimum absolute atomic E-state index is 0.789. The molecule has 0 fully saturated rings. The summed E-state index contributed by atoms with van der Waals surface area (Å²) in [5.41, 5.74) is 9.75. The van der Waals surface area contributed by atoms with Gasteiger partial charge < -0.3 is 8.83 Å². The third-order valence-electron chi connectivity index (χ3n) is 8.57. The molecule has 0 radical (unpaired) electrons. The Balaban J connectivity index is 1.44. The number of rotatable bonds is 3. The fourth-order valence-corrected chi connectivity index (χ4v) is 6.80. The molecule has 0 aliphatic heterocycles. The molecule has 2 heterocycles. The summed E-state index contributed by atoms with van der Waals surface area (Å²) < 4.78 is 12.3. The van der Waals surface area contributed by atoms with E-state index in [0.717, 1.165) is 38.5 Å². The second-order valence-corrected chi connectivity index (χ2v) is 10.8. The van der Waals surface area contributed by atoms with Crippen molar-refractivity contribution < 1.29 is 8.83 Å². The standard InChI is InChI=1S/C40H24O2/c1-2-11-25(12-3-1)27-13-4-5-14-28(27)36-29-15-6-8-17-31(29)37(32-18-9-7-16-30(32)36)33-19-10-20-35-38(33)34-22-21-26-23-24-41-39(26)40(34)42-35/h1-24H. The van der Waals surface area contributed by atoms with E-state index in [1.54, 1.807) is 6.26 Å². The molecule has 0 aliphatic rings. The fourth-order valence-electron chi connectivity index (χ4n) is 6.80. The SMILES string of the molecule is c1ccc(-c2ccccc2-c2c3ccccc3c(-c3cccc4oc5c(ccc6ccoc65)c34)c3ccccc23)cc1. The van der Waals surface area contributed by atoms with Crippen LogP contribution in [0.5, 0.6) is 0 Å². The molecule has 196 valence electrons. The van der Waals surface area contributed by atoms with Gasteiger partial charge in [-0.05, 0) is 73.1 Å². The van der Waals surface area contributed by atoms with Crippen LogP contribution in [0.3, 0.4) is 0 Å². The van der Waals surface area contributed by atoms with Crippen LogP contribution in [0.15, 0.2) is 155 Å². The van der Waals surface area contributed by atoms with Crippen molar-refractivity contribution in [2.45, 2.75) is 0 Å². The smallest absolute Gasteiger partial charge is 0.178 e. The van der Waals surface area contributed by atoms with Crippen molar-refractivity contribution in [3.05, 3.63) is 146 Å². The monoisotopic (exact) mass is 536 g/mol. The van der Waals surface area contributed by atoms with Crippen LogP contribution in [-0.2, 0) is 0 Å². The molecule has 7 aromatic carbocycles. The van der Waals surface area contributed by atoms with Gasteiger partial charge in [0, 0.05) is 16.2 Å². The van der Waals surface area contributed by atoms with Gasteiger partial charge in [-0.2, -0.15) is 0 Å². The highest BCUT2D eigenvalue weighted by atomic mass is 16.4. The lowest BCUT2D eigenvalue weighted by Crippen LogP contribution is -1.93. The Morgan fingerprint density at radius 2 is 0.976 bits per heavy atom. The van der Waals surface area contributed by atoms with Crippen molar-refractivity contribution in [1.29, 1.82) is 0 Å². The van der Waals surface area contributed by atoms with Crippen molar-refractivity contribution in [3.63, 3.8) is 0 Å². The van der Waals surface area contributed by atoms with Crippen LogP contribution in [0.25, 0.3) is 87.8 Å². The minimum Gasteiger partial charge on any atom is -0.460 e. The molecule has 0 atom stereocenters. The van der Waals surface area contributed by atoms with E-state index in [-0.39, 0.29) is 0 Å². The molecule has 0 spiro atoms. The van der Waals surface area contributed by atoms with Crippen molar-refractivity contribution >= 4 is 54.5 Å². The Morgan fingerprint density at radius 3 is 1.69 bits per heavy atom. The Morgan fingerprint density at radius 1 is 0.381 bits per heavy atom. The maximum atomic E-state index is 6.47. The van der Waals surface area contributed by atoms with Gasteiger partial charge in [-0.15, -0.1) is 0 Å². The number of benzene rings is 7. The first kappa shape index (κ1) is 23.1. The van der Waals surface area contributed by atoms with Crippen molar-refractivity contribution in [2.75, 3.05) is 0 Å². The zero-order valence-electron chi connectivity index (χ0n) is 22.7. The number of fused-ring (bicyclic) bond motifs is 7. The first-order chi connectivity index (χ1) is 20.9. The molecular formula is C40H24O2. The average Bonchev–Trinajstić information content (AvgIpc) is 3.69. The second kappa shape index (κ2) is 8.95. The second-order valence-electron chi connectivity index (χ2n) is 10.8. The summed E-state index contributed by atoms with van der Waals surface area (Å²) in [6, 6.07) is 49.7. The maximum Gasteiger partial charge on any atom is 0.178 e. The van der Waals surface area contributed by atoms with Gasteiger partial charge in [0.05, 0.1) is 6.26 Å². The molecule has 0 amide bonds. The first-order valence-corrected chi connectivity index (χ1v) is 14.3.